The Hall–Kier alpha value is -1.84. The van der Waals surface area contributed by atoms with Gasteiger partial charge in [-0.3, -0.25) is 0 Å². The highest BCUT2D eigenvalue weighted by Crippen LogP contribution is 2.32. The Bertz CT molecular complexity index is 555. The Morgan fingerprint density at radius 2 is 2.31 bits per heavy atom. The highest BCUT2D eigenvalue weighted by Gasteiger charge is 2.23. The molecular weight excluding hydrogens is 204 g/mol. The number of H-pyrrole nitrogens is 1. The summed E-state index contributed by atoms with van der Waals surface area (Å²) in [5, 5.41) is 8.87. The monoisotopic (exact) mass is 216 g/mol. The number of aromatic nitrogens is 2. The van der Waals surface area contributed by atoms with Crippen LogP contribution < -0.4 is 0 Å². The zero-order valence-electron chi connectivity index (χ0n) is 8.73. The number of nitrogens with zero attached hydrogens (tertiary/aromatic N) is 1. The number of imidazole rings is 1. The Kier molecular flexibility index (Phi) is 1.96. The smallest absolute Gasteiger partial charge is 0.335 e. The van der Waals surface area contributed by atoms with Crippen LogP contribution in [0, 0.1) is 5.92 Å². The summed E-state index contributed by atoms with van der Waals surface area (Å²) >= 11 is 0. The first-order valence-corrected chi connectivity index (χ1v) is 5.44. The van der Waals surface area contributed by atoms with Gasteiger partial charge in [0.1, 0.15) is 5.82 Å². The van der Waals surface area contributed by atoms with Crippen LogP contribution in [0.15, 0.2) is 18.2 Å². The fourth-order valence-corrected chi connectivity index (χ4v) is 1.89. The number of nitrogens with one attached hydrogen (secondary N) is 1. The van der Waals surface area contributed by atoms with Gasteiger partial charge >= 0.3 is 5.97 Å². The SMILES string of the molecule is O=C(O)c1ccc2nc(CC3CC3)[nH]c2c1. The number of carboxylic acids is 1. The second kappa shape index (κ2) is 3.33. The molecule has 0 amide bonds. The second-order valence-corrected chi connectivity index (χ2v) is 4.37. The molecule has 4 nitrogen and oxygen atoms in total. The van der Waals surface area contributed by atoms with Crippen LogP contribution in [0.1, 0.15) is 29.0 Å². The minimum atomic E-state index is -0.903. The molecular formula is C12H12N2O2. The minimum Gasteiger partial charge on any atom is -0.478 e. The van der Waals surface area contributed by atoms with Crippen LogP contribution in [0.3, 0.4) is 0 Å². The lowest BCUT2D eigenvalue weighted by Crippen LogP contribution is -1.94. The van der Waals surface area contributed by atoms with E-state index in [0.29, 0.717) is 5.56 Å². The van der Waals surface area contributed by atoms with Gasteiger partial charge in [-0.15, -0.1) is 0 Å². The molecule has 1 aliphatic rings. The Balaban J connectivity index is 1.99. The Labute approximate surface area is 92.3 Å². The van der Waals surface area contributed by atoms with Gasteiger partial charge in [0.15, 0.2) is 0 Å². The summed E-state index contributed by atoms with van der Waals surface area (Å²) in [5.41, 5.74) is 1.96. The first kappa shape index (κ1) is 9.39. The van der Waals surface area contributed by atoms with Crippen LogP contribution in [0.2, 0.25) is 0 Å². The molecule has 0 radical (unpaired) electrons. The van der Waals surface area contributed by atoms with Gasteiger partial charge in [0.25, 0.3) is 0 Å². The molecule has 1 fully saturated rings. The third-order valence-corrected chi connectivity index (χ3v) is 2.96. The minimum absolute atomic E-state index is 0.300. The molecule has 0 spiro atoms. The molecule has 1 saturated carbocycles. The van der Waals surface area contributed by atoms with E-state index in [1.807, 2.05) is 0 Å². The van der Waals surface area contributed by atoms with Crippen molar-refractivity contribution >= 4 is 17.0 Å². The lowest BCUT2D eigenvalue weighted by atomic mass is 10.2. The van der Waals surface area contributed by atoms with E-state index in [1.54, 1.807) is 18.2 Å². The fraction of sp³-hybridized carbons (Fsp3) is 0.333. The third-order valence-electron chi connectivity index (χ3n) is 2.96. The van der Waals surface area contributed by atoms with E-state index in [1.165, 1.54) is 12.8 Å². The molecule has 1 aromatic heterocycles. The van der Waals surface area contributed by atoms with Gasteiger partial charge in [-0.25, -0.2) is 9.78 Å². The lowest BCUT2D eigenvalue weighted by molar-refractivity contribution is 0.0697. The van der Waals surface area contributed by atoms with Gasteiger partial charge in [-0.05, 0) is 37.0 Å². The van der Waals surface area contributed by atoms with Crippen LogP contribution in [-0.4, -0.2) is 21.0 Å². The van der Waals surface area contributed by atoms with E-state index in [4.69, 9.17) is 5.11 Å². The summed E-state index contributed by atoms with van der Waals surface area (Å²) in [7, 11) is 0. The largest absolute Gasteiger partial charge is 0.478 e. The third kappa shape index (κ3) is 1.66. The maximum Gasteiger partial charge on any atom is 0.335 e. The number of benzene rings is 1. The van der Waals surface area contributed by atoms with Crippen molar-refractivity contribution in [1.82, 2.24) is 9.97 Å². The first-order chi connectivity index (χ1) is 7.72. The fourth-order valence-electron chi connectivity index (χ4n) is 1.89. The number of aromatic amines is 1. The summed E-state index contributed by atoms with van der Waals surface area (Å²) in [5.74, 6) is 0.847. The summed E-state index contributed by atoms with van der Waals surface area (Å²) in [6.07, 6.45) is 3.56. The average molecular weight is 216 g/mol. The molecule has 16 heavy (non-hydrogen) atoms. The standard InChI is InChI=1S/C12H12N2O2/c15-12(16)8-3-4-9-10(6-8)14-11(13-9)5-7-1-2-7/h3-4,6-7H,1-2,5H2,(H,13,14)(H,15,16). The summed E-state index contributed by atoms with van der Waals surface area (Å²) in [6.45, 7) is 0. The van der Waals surface area contributed by atoms with E-state index >= 15 is 0 Å². The number of carbonyl (C=O) groups is 1. The van der Waals surface area contributed by atoms with Crippen molar-refractivity contribution in [2.24, 2.45) is 5.92 Å². The van der Waals surface area contributed by atoms with Gasteiger partial charge in [0, 0.05) is 6.42 Å². The maximum absolute atomic E-state index is 10.8. The highest BCUT2D eigenvalue weighted by molar-refractivity contribution is 5.92. The number of carboxylic acid groups (broad SMARTS) is 1. The second-order valence-electron chi connectivity index (χ2n) is 4.37. The quantitative estimate of drug-likeness (QED) is 0.826. The molecule has 2 aromatic rings. The number of fused-ring (bicyclic) bond motifs is 1. The number of hydrogen-bond donors (Lipinski definition) is 2. The van der Waals surface area contributed by atoms with E-state index in [9.17, 15) is 4.79 Å². The summed E-state index contributed by atoms with van der Waals surface area (Å²) < 4.78 is 0. The normalized spacial score (nSPS) is 15.5. The highest BCUT2D eigenvalue weighted by atomic mass is 16.4. The number of hydrogen-bond acceptors (Lipinski definition) is 2. The molecule has 3 rings (SSSR count). The molecule has 1 heterocycles. The van der Waals surface area contributed by atoms with Gasteiger partial charge in [0.2, 0.25) is 0 Å². The number of rotatable bonds is 3. The van der Waals surface area contributed by atoms with Crippen molar-refractivity contribution in [2.45, 2.75) is 19.3 Å². The topological polar surface area (TPSA) is 66.0 Å². The molecule has 82 valence electrons. The molecule has 0 saturated heterocycles. The molecule has 2 N–H and O–H groups in total. The summed E-state index contributed by atoms with van der Waals surface area (Å²) in [6, 6.07) is 4.99. The zero-order chi connectivity index (χ0) is 11.1. The molecule has 4 heteroatoms. The van der Waals surface area contributed by atoms with Crippen molar-refractivity contribution in [2.75, 3.05) is 0 Å². The van der Waals surface area contributed by atoms with E-state index in [-0.39, 0.29) is 0 Å². The molecule has 0 bridgehead atoms. The van der Waals surface area contributed by atoms with Crippen LogP contribution in [0.4, 0.5) is 0 Å². The maximum atomic E-state index is 10.8. The van der Waals surface area contributed by atoms with E-state index in [2.05, 4.69) is 9.97 Å². The van der Waals surface area contributed by atoms with Gasteiger partial charge in [-0.1, -0.05) is 0 Å². The van der Waals surface area contributed by atoms with Crippen molar-refractivity contribution in [3.63, 3.8) is 0 Å². The molecule has 0 aliphatic heterocycles. The van der Waals surface area contributed by atoms with E-state index in [0.717, 1.165) is 29.2 Å². The number of aromatic carboxylic acids is 1. The predicted molar refractivity (Wildman–Crippen MR) is 59.5 cm³/mol. The van der Waals surface area contributed by atoms with Crippen molar-refractivity contribution in [3.05, 3.63) is 29.6 Å². The zero-order valence-corrected chi connectivity index (χ0v) is 8.73. The first-order valence-electron chi connectivity index (χ1n) is 5.44. The van der Waals surface area contributed by atoms with Crippen LogP contribution in [0.5, 0.6) is 0 Å². The van der Waals surface area contributed by atoms with Crippen molar-refractivity contribution in [3.8, 4) is 0 Å². The van der Waals surface area contributed by atoms with Crippen molar-refractivity contribution in [1.29, 1.82) is 0 Å². The lowest BCUT2D eigenvalue weighted by Gasteiger charge is -1.92. The summed E-state index contributed by atoms with van der Waals surface area (Å²) in [4.78, 5) is 18.4. The van der Waals surface area contributed by atoms with E-state index < -0.39 is 5.97 Å². The van der Waals surface area contributed by atoms with Crippen LogP contribution >= 0.6 is 0 Å². The molecule has 1 aliphatic carbocycles. The molecule has 1 aromatic carbocycles. The Morgan fingerprint density at radius 1 is 1.50 bits per heavy atom. The predicted octanol–water partition coefficient (Wildman–Crippen LogP) is 2.21. The average Bonchev–Trinajstić information content (AvgIpc) is 2.96. The van der Waals surface area contributed by atoms with Crippen molar-refractivity contribution < 1.29 is 9.90 Å². The van der Waals surface area contributed by atoms with Crippen LogP contribution in [0.25, 0.3) is 11.0 Å². The molecule has 0 unspecified atom stereocenters. The Morgan fingerprint density at radius 3 is 3.00 bits per heavy atom. The van der Waals surface area contributed by atoms with Crippen LogP contribution in [-0.2, 0) is 6.42 Å². The van der Waals surface area contributed by atoms with Gasteiger partial charge in [0.05, 0.1) is 16.6 Å². The van der Waals surface area contributed by atoms with Gasteiger partial charge in [-0.2, -0.15) is 0 Å². The molecule has 0 atom stereocenters. The van der Waals surface area contributed by atoms with Gasteiger partial charge < -0.3 is 10.1 Å².